The van der Waals surface area contributed by atoms with Gasteiger partial charge in [-0.25, -0.2) is 0 Å². The fraction of sp³-hybridized carbons (Fsp3) is 0.607. The number of ether oxygens (including phenoxy) is 3. The Hall–Kier alpha value is -2.71. The van der Waals surface area contributed by atoms with Gasteiger partial charge in [-0.3, -0.25) is 14.4 Å². The Labute approximate surface area is 210 Å². The van der Waals surface area contributed by atoms with Crippen LogP contribution in [0.2, 0.25) is 0 Å². The summed E-state index contributed by atoms with van der Waals surface area (Å²) in [5.41, 5.74) is -0.215. The van der Waals surface area contributed by atoms with Crippen LogP contribution < -0.4 is 0 Å². The summed E-state index contributed by atoms with van der Waals surface area (Å²) in [5, 5.41) is 11.9. The van der Waals surface area contributed by atoms with Crippen molar-refractivity contribution in [3.05, 3.63) is 47.5 Å². The van der Waals surface area contributed by atoms with Crippen LogP contribution in [-0.4, -0.2) is 55.4 Å². The van der Waals surface area contributed by atoms with Crippen LogP contribution in [0.1, 0.15) is 52.0 Å². The van der Waals surface area contributed by atoms with Crippen molar-refractivity contribution in [2.24, 2.45) is 28.1 Å². The minimum atomic E-state index is -1.28. The molecule has 0 spiro atoms. The van der Waals surface area contributed by atoms with Crippen LogP contribution in [-0.2, 0) is 28.6 Å². The second-order valence-electron chi connectivity index (χ2n) is 11.3. The van der Waals surface area contributed by atoms with E-state index in [1.807, 2.05) is 13.0 Å². The summed E-state index contributed by atoms with van der Waals surface area (Å²) >= 11 is 0. The number of esters is 2. The molecule has 0 aromatic carbocycles. The van der Waals surface area contributed by atoms with Crippen molar-refractivity contribution >= 4 is 17.7 Å². The maximum Gasteiger partial charge on any atom is 0.315 e. The third kappa shape index (κ3) is 2.97. The summed E-state index contributed by atoms with van der Waals surface area (Å²) in [5.74, 6) is -2.60. The lowest BCUT2D eigenvalue weighted by atomic mass is 9.41. The molecule has 3 aliphatic carbocycles. The zero-order valence-electron chi connectivity index (χ0n) is 21.6. The van der Waals surface area contributed by atoms with E-state index in [4.69, 9.17) is 18.6 Å². The highest BCUT2D eigenvalue weighted by Crippen LogP contribution is 2.70. The molecule has 0 amide bonds. The van der Waals surface area contributed by atoms with Gasteiger partial charge in [0.15, 0.2) is 5.78 Å². The smallest absolute Gasteiger partial charge is 0.315 e. The molecule has 8 heteroatoms. The predicted molar refractivity (Wildman–Crippen MR) is 128 cm³/mol. The largest absolute Gasteiger partial charge is 0.472 e. The van der Waals surface area contributed by atoms with Crippen LogP contribution >= 0.6 is 0 Å². The van der Waals surface area contributed by atoms with Gasteiger partial charge in [-0.15, -0.1) is 0 Å². The van der Waals surface area contributed by atoms with Gasteiger partial charge in [0.1, 0.15) is 0 Å². The standard InChI is InChI=1S/C28H34O8/c1-14-16(15-8-10-35-13-15)11-17-21(14)28(4)18(12-20(30)33-5)27(3)19(29)7-9-26(2,25(32)34-6)23(27)22(31)24(28)36-17/h7-10,13,16-18,22-24,31H,11-12H2,1-6H3/t16-,17-,18+,22-,23+,24-,26-,27+,28-/m1/s1. The lowest BCUT2D eigenvalue weighted by Gasteiger charge is -2.61. The van der Waals surface area contributed by atoms with Crippen molar-refractivity contribution in [3.63, 3.8) is 0 Å². The van der Waals surface area contributed by atoms with E-state index in [0.29, 0.717) is 6.42 Å². The van der Waals surface area contributed by atoms with Gasteiger partial charge in [-0.05, 0) is 49.5 Å². The molecular formula is C28H34O8. The zero-order valence-corrected chi connectivity index (χ0v) is 21.6. The van der Waals surface area contributed by atoms with Crippen molar-refractivity contribution in [1.29, 1.82) is 0 Å². The van der Waals surface area contributed by atoms with Crippen molar-refractivity contribution in [3.8, 4) is 0 Å². The minimum absolute atomic E-state index is 0.0523. The highest BCUT2D eigenvalue weighted by Gasteiger charge is 2.74. The monoisotopic (exact) mass is 498 g/mol. The zero-order chi connectivity index (χ0) is 26.2. The number of aliphatic hydroxyl groups is 1. The number of hydrogen-bond acceptors (Lipinski definition) is 8. The topological polar surface area (TPSA) is 112 Å². The number of methoxy groups -OCH3 is 2. The van der Waals surface area contributed by atoms with Crippen molar-refractivity contribution in [1.82, 2.24) is 0 Å². The lowest BCUT2D eigenvalue weighted by Crippen LogP contribution is -2.69. The molecule has 8 nitrogen and oxygen atoms in total. The number of carbonyl (C=O) groups excluding carboxylic acids is 3. The molecule has 1 aliphatic heterocycles. The maximum atomic E-state index is 13.8. The lowest BCUT2D eigenvalue weighted by molar-refractivity contribution is -0.216. The molecular weight excluding hydrogens is 464 g/mol. The van der Waals surface area contributed by atoms with Crippen molar-refractivity contribution in [2.45, 2.75) is 64.8 Å². The predicted octanol–water partition coefficient (Wildman–Crippen LogP) is 3.35. The van der Waals surface area contributed by atoms with E-state index < -0.39 is 52.2 Å². The third-order valence-corrected chi connectivity index (χ3v) is 9.87. The summed E-state index contributed by atoms with van der Waals surface area (Å²) in [7, 11) is 2.62. The second-order valence-corrected chi connectivity index (χ2v) is 11.3. The molecule has 4 aliphatic rings. The molecule has 1 N–H and O–H groups in total. The van der Waals surface area contributed by atoms with Gasteiger partial charge < -0.3 is 23.7 Å². The Morgan fingerprint density at radius 2 is 1.89 bits per heavy atom. The van der Waals surface area contributed by atoms with Gasteiger partial charge in [0.05, 0.1) is 56.9 Å². The first-order valence-electron chi connectivity index (χ1n) is 12.4. The van der Waals surface area contributed by atoms with Gasteiger partial charge in [-0.1, -0.05) is 25.5 Å². The van der Waals surface area contributed by atoms with Crippen molar-refractivity contribution in [2.75, 3.05) is 14.2 Å². The number of ketones is 1. The Bertz CT molecular complexity index is 1160. The Morgan fingerprint density at radius 3 is 2.50 bits per heavy atom. The van der Waals surface area contributed by atoms with E-state index >= 15 is 0 Å². The number of carbonyl (C=O) groups is 3. The summed E-state index contributed by atoms with van der Waals surface area (Å²) in [4.78, 5) is 39.6. The number of allylic oxidation sites excluding steroid dienone is 2. The first-order chi connectivity index (χ1) is 17.0. The van der Waals surface area contributed by atoms with E-state index in [9.17, 15) is 19.5 Å². The molecule has 36 heavy (non-hydrogen) atoms. The molecule has 2 heterocycles. The van der Waals surface area contributed by atoms with E-state index in [1.165, 1.54) is 26.4 Å². The summed E-state index contributed by atoms with van der Waals surface area (Å²) in [6, 6.07) is 1.94. The number of aliphatic hydroxyl groups excluding tert-OH is 1. The molecule has 0 bridgehead atoms. The SMILES string of the molecule is COC(=O)C[C@@H]1[C@]2(C)C3=C(C)[C@H](c4ccoc4)C[C@H]3O[C@@H]2[C@H](O)[C@@H]2[C@]1(C)C(=O)C=C[C@@]2(C)C(=O)OC. The van der Waals surface area contributed by atoms with E-state index in [2.05, 4.69) is 6.92 Å². The highest BCUT2D eigenvalue weighted by molar-refractivity contribution is 5.99. The minimum Gasteiger partial charge on any atom is -0.472 e. The first kappa shape index (κ1) is 25.0. The third-order valence-electron chi connectivity index (χ3n) is 9.87. The van der Waals surface area contributed by atoms with Crippen LogP contribution in [0, 0.1) is 28.1 Å². The van der Waals surface area contributed by atoms with Gasteiger partial charge in [0, 0.05) is 22.7 Å². The normalized spacial score (nSPS) is 43.1. The molecule has 2 fully saturated rings. The number of furan rings is 1. The molecule has 1 saturated heterocycles. The van der Waals surface area contributed by atoms with E-state index in [1.54, 1.807) is 26.4 Å². The number of fused-ring (bicyclic) bond motifs is 4. The van der Waals surface area contributed by atoms with Crippen LogP contribution in [0.5, 0.6) is 0 Å². The number of rotatable bonds is 4. The molecule has 194 valence electrons. The second kappa shape index (κ2) is 8.15. The highest BCUT2D eigenvalue weighted by atomic mass is 16.5. The van der Waals surface area contributed by atoms with Gasteiger partial charge in [0.2, 0.25) is 0 Å². The van der Waals surface area contributed by atoms with E-state index in [0.717, 1.165) is 16.7 Å². The van der Waals surface area contributed by atoms with Crippen molar-refractivity contribution < 1.29 is 38.1 Å². The Morgan fingerprint density at radius 1 is 1.17 bits per heavy atom. The quantitative estimate of drug-likeness (QED) is 0.497. The van der Waals surface area contributed by atoms with Gasteiger partial charge in [-0.2, -0.15) is 0 Å². The Kier molecular flexibility index (Phi) is 5.65. The molecule has 0 unspecified atom stereocenters. The van der Waals surface area contributed by atoms with Crippen LogP contribution in [0.3, 0.4) is 0 Å². The average molecular weight is 499 g/mol. The first-order valence-corrected chi connectivity index (χ1v) is 12.4. The molecule has 1 aromatic heterocycles. The van der Waals surface area contributed by atoms with Crippen LogP contribution in [0.25, 0.3) is 0 Å². The molecule has 1 aromatic rings. The Balaban J connectivity index is 1.73. The fourth-order valence-corrected chi connectivity index (χ4v) is 8.29. The van der Waals surface area contributed by atoms with Gasteiger partial charge in [0.25, 0.3) is 0 Å². The summed E-state index contributed by atoms with van der Waals surface area (Å²) in [6.45, 7) is 7.50. The van der Waals surface area contributed by atoms with Crippen LogP contribution in [0.4, 0.5) is 0 Å². The van der Waals surface area contributed by atoms with Gasteiger partial charge >= 0.3 is 11.9 Å². The molecule has 0 radical (unpaired) electrons. The average Bonchev–Trinajstić information content (AvgIpc) is 3.56. The fourth-order valence-electron chi connectivity index (χ4n) is 8.29. The molecule has 5 rings (SSSR count). The molecule has 9 atom stereocenters. The molecule has 1 saturated carbocycles. The van der Waals surface area contributed by atoms with Crippen LogP contribution in [0.15, 0.2) is 46.3 Å². The summed E-state index contributed by atoms with van der Waals surface area (Å²) < 4.78 is 22.1. The maximum absolute atomic E-state index is 13.8. The summed E-state index contributed by atoms with van der Waals surface area (Å²) in [6.07, 6.45) is 4.78. The van der Waals surface area contributed by atoms with E-state index in [-0.39, 0.29) is 24.2 Å². The number of hydrogen-bond donors (Lipinski definition) is 1.